The lowest BCUT2D eigenvalue weighted by atomic mass is 10.1. The van der Waals surface area contributed by atoms with E-state index in [2.05, 4.69) is 5.32 Å². The molecule has 0 aromatic heterocycles. The zero-order valence-electron chi connectivity index (χ0n) is 11.1. The van der Waals surface area contributed by atoms with Crippen LogP contribution in [-0.2, 0) is 19.1 Å². The van der Waals surface area contributed by atoms with Gasteiger partial charge in [-0.2, -0.15) is 0 Å². The molecule has 0 rings (SSSR count). The number of rotatable bonds is 4. The van der Waals surface area contributed by atoms with Gasteiger partial charge >= 0.3 is 5.97 Å². The smallest absolute Gasteiger partial charge is 0.361 e. The number of nitrogens with one attached hydrogen (secondary N) is 1. The first-order valence-electron chi connectivity index (χ1n) is 5.26. The number of amides is 1. The fourth-order valence-electron chi connectivity index (χ4n) is 1.23. The summed E-state index contributed by atoms with van der Waals surface area (Å²) in [4.78, 5) is 23.2. The zero-order valence-corrected chi connectivity index (χ0v) is 11.8. The Kier molecular flexibility index (Phi) is 5.42. The van der Waals surface area contributed by atoms with Crippen LogP contribution >= 0.6 is 11.6 Å². The number of ether oxygens (including phenoxy) is 2. The van der Waals surface area contributed by atoms with Gasteiger partial charge in [0.1, 0.15) is 5.60 Å². The van der Waals surface area contributed by atoms with Crippen molar-refractivity contribution < 1.29 is 19.1 Å². The van der Waals surface area contributed by atoms with Crippen molar-refractivity contribution in [2.75, 3.05) is 7.11 Å². The molecule has 0 radical (unpaired) electrons. The van der Waals surface area contributed by atoms with Gasteiger partial charge in [0.25, 0.3) is 5.72 Å². The number of carbonyl (C=O) groups is 2. The van der Waals surface area contributed by atoms with Gasteiger partial charge in [-0.3, -0.25) is 4.79 Å². The molecule has 5 nitrogen and oxygen atoms in total. The summed E-state index contributed by atoms with van der Waals surface area (Å²) in [5.41, 5.74) is -2.36. The van der Waals surface area contributed by atoms with E-state index in [1.165, 1.54) is 14.0 Å². The molecule has 1 N–H and O–H groups in total. The van der Waals surface area contributed by atoms with Gasteiger partial charge in [0.05, 0.1) is 5.38 Å². The van der Waals surface area contributed by atoms with Crippen LogP contribution < -0.4 is 5.32 Å². The van der Waals surface area contributed by atoms with E-state index >= 15 is 0 Å². The van der Waals surface area contributed by atoms with E-state index in [-0.39, 0.29) is 0 Å². The maximum Gasteiger partial charge on any atom is 0.361 e. The van der Waals surface area contributed by atoms with E-state index in [0.29, 0.717) is 0 Å². The number of methoxy groups -OCH3 is 1. The molecule has 0 fully saturated rings. The predicted molar refractivity (Wildman–Crippen MR) is 64.7 cm³/mol. The third-order valence-electron chi connectivity index (χ3n) is 1.95. The molecule has 0 spiro atoms. The van der Waals surface area contributed by atoms with Gasteiger partial charge in [-0.1, -0.05) is 0 Å². The molecule has 2 unspecified atom stereocenters. The molecule has 0 aromatic rings. The van der Waals surface area contributed by atoms with Gasteiger partial charge in [-0.25, -0.2) is 4.79 Å². The highest BCUT2D eigenvalue weighted by Gasteiger charge is 2.47. The van der Waals surface area contributed by atoms with Gasteiger partial charge in [-0.15, -0.1) is 11.6 Å². The SMILES string of the molecule is COC(NC(C)=O)(C(=O)OC(C)(C)C)C(C)Cl. The molecule has 0 bridgehead atoms. The van der Waals surface area contributed by atoms with Crippen molar-refractivity contribution in [3.8, 4) is 0 Å². The molecule has 0 saturated carbocycles. The fraction of sp³-hybridized carbons (Fsp3) is 0.818. The zero-order chi connectivity index (χ0) is 13.9. The van der Waals surface area contributed by atoms with E-state index in [1.54, 1.807) is 27.7 Å². The highest BCUT2D eigenvalue weighted by Crippen LogP contribution is 2.22. The Morgan fingerprint density at radius 1 is 1.29 bits per heavy atom. The third kappa shape index (κ3) is 4.52. The van der Waals surface area contributed by atoms with Gasteiger partial charge in [0, 0.05) is 14.0 Å². The predicted octanol–water partition coefficient (Wildman–Crippen LogP) is 1.43. The van der Waals surface area contributed by atoms with Crippen molar-refractivity contribution in [3.05, 3.63) is 0 Å². The molecule has 0 aliphatic carbocycles. The van der Waals surface area contributed by atoms with E-state index in [4.69, 9.17) is 21.1 Å². The van der Waals surface area contributed by atoms with Crippen LogP contribution in [0.3, 0.4) is 0 Å². The second-order valence-electron chi connectivity index (χ2n) is 4.74. The summed E-state index contributed by atoms with van der Waals surface area (Å²) in [5, 5.41) is 1.63. The van der Waals surface area contributed by atoms with Crippen LogP contribution in [0, 0.1) is 0 Å². The average molecular weight is 266 g/mol. The van der Waals surface area contributed by atoms with E-state index in [0.717, 1.165) is 0 Å². The monoisotopic (exact) mass is 265 g/mol. The first-order valence-corrected chi connectivity index (χ1v) is 5.70. The van der Waals surface area contributed by atoms with Gasteiger partial charge in [0.15, 0.2) is 0 Å². The highest BCUT2D eigenvalue weighted by atomic mass is 35.5. The van der Waals surface area contributed by atoms with Crippen molar-refractivity contribution in [2.24, 2.45) is 0 Å². The minimum absolute atomic E-state index is 0.426. The quantitative estimate of drug-likeness (QED) is 0.475. The molecule has 0 saturated heterocycles. The first kappa shape index (κ1) is 16.2. The van der Waals surface area contributed by atoms with Crippen molar-refractivity contribution in [1.82, 2.24) is 5.32 Å². The first-order chi connectivity index (χ1) is 7.55. The second-order valence-corrected chi connectivity index (χ2v) is 5.39. The Morgan fingerprint density at radius 2 is 1.76 bits per heavy atom. The lowest BCUT2D eigenvalue weighted by Gasteiger charge is -2.35. The van der Waals surface area contributed by atoms with Crippen molar-refractivity contribution in [1.29, 1.82) is 0 Å². The molecule has 1 amide bonds. The molecular weight excluding hydrogens is 246 g/mol. The van der Waals surface area contributed by atoms with Crippen LogP contribution in [0.4, 0.5) is 0 Å². The summed E-state index contributed by atoms with van der Waals surface area (Å²) in [6.45, 7) is 7.98. The van der Waals surface area contributed by atoms with Gasteiger partial charge < -0.3 is 14.8 Å². The van der Waals surface area contributed by atoms with Crippen LogP contribution in [0.1, 0.15) is 34.6 Å². The molecular formula is C11H20ClNO4. The minimum Gasteiger partial charge on any atom is -0.456 e. The maximum atomic E-state index is 12.0. The van der Waals surface area contributed by atoms with E-state index in [1.807, 2.05) is 0 Å². The fourth-order valence-corrected chi connectivity index (χ4v) is 1.46. The molecule has 0 aliphatic heterocycles. The standard InChI is InChI=1S/C11H20ClNO4/c1-7(12)11(16-6,13-8(2)14)9(15)17-10(3,4)5/h7H,1-6H3,(H,13,14). The number of hydrogen-bond donors (Lipinski definition) is 1. The molecule has 2 atom stereocenters. The number of hydrogen-bond acceptors (Lipinski definition) is 4. The van der Waals surface area contributed by atoms with Crippen molar-refractivity contribution in [3.63, 3.8) is 0 Å². The van der Waals surface area contributed by atoms with Crippen molar-refractivity contribution in [2.45, 2.75) is 51.3 Å². The summed E-state index contributed by atoms with van der Waals surface area (Å²) < 4.78 is 10.3. The van der Waals surface area contributed by atoms with E-state index in [9.17, 15) is 9.59 Å². The molecule has 17 heavy (non-hydrogen) atoms. The normalized spacial score (nSPS) is 16.9. The summed E-state index contributed by atoms with van der Waals surface area (Å²) >= 11 is 5.93. The van der Waals surface area contributed by atoms with Gasteiger partial charge in [-0.05, 0) is 27.7 Å². The molecule has 100 valence electrons. The van der Waals surface area contributed by atoms with Crippen LogP contribution in [0.15, 0.2) is 0 Å². The lowest BCUT2D eigenvalue weighted by Crippen LogP contribution is -2.62. The van der Waals surface area contributed by atoms with Crippen LogP contribution in [0.2, 0.25) is 0 Å². The summed E-state index contributed by atoms with van der Waals surface area (Å²) in [6.07, 6.45) is 0. The number of esters is 1. The molecule has 0 aliphatic rings. The Balaban J connectivity index is 5.16. The molecule has 6 heteroatoms. The van der Waals surface area contributed by atoms with Gasteiger partial charge in [0.2, 0.25) is 5.91 Å². The maximum absolute atomic E-state index is 12.0. The largest absolute Gasteiger partial charge is 0.456 e. The Morgan fingerprint density at radius 3 is 2.00 bits per heavy atom. The molecule has 0 heterocycles. The third-order valence-corrected chi connectivity index (χ3v) is 2.25. The Bertz CT molecular complexity index is 298. The van der Waals surface area contributed by atoms with Crippen LogP contribution in [0.25, 0.3) is 0 Å². The van der Waals surface area contributed by atoms with Crippen LogP contribution in [-0.4, -0.2) is 35.7 Å². The number of alkyl halides is 1. The topological polar surface area (TPSA) is 64.6 Å². The average Bonchev–Trinajstić information content (AvgIpc) is 2.10. The summed E-state index contributed by atoms with van der Waals surface area (Å²) in [5.74, 6) is -1.14. The minimum atomic E-state index is -1.67. The van der Waals surface area contributed by atoms with Crippen LogP contribution in [0.5, 0.6) is 0 Å². The Hall–Kier alpha value is -0.810. The summed E-state index contributed by atoms with van der Waals surface area (Å²) in [7, 11) is 1.29. The Labute approximate surface area is 107 Å². The molecule has 0 aromatic carbocycles. The highest BCUT2D eigenvalue weighted by molar-refractivity contribution is 6.23. The lowest BCUT2D eigenvalue weighted by molar-refractivity contribution is -0.186. The summed E-state index contributed by atoms with van der Waals surface area (Å²) in [6, 6.07) is 0. The van der Waals surface area contributed by atoms with E-state index < -0.39 is 28.6 Å². The number of halogens is 1. The number of carbonyl (C=O) groups excluding carboxylic acids is 2. The van der Waals surface area contributed by atoms with Crippen molar-refractivity contribution >= 4 is 23.5 Å². The second kappa shape index (κ2) is 5.69.